The highest BCUT2D eigenvalue weighted by atomic mass is 32.1. The lowest BCUT2D eigenvalue weighted by atomic mass is 9.94. The molecule has 0 atom stereocenters. The number of nitrogens with zero attached hydrogens (tertiary/aromatic N) is 3. The second-order valence-corrected chi connectivity index (χ2v) is 5.44. The van der Waals surface area contributed by atoms with Gasteiger partial charge in [0.15, 0.2) is 0 Å². The summed E-state index contributed by atoms with van der Waals surface area (Å²) < 4.78 is 0. The third-order valence-corrected chi connectivity index (χ3v) is 4.25. The van der Waals surface area contributed by atoms with Crippen molar-refractivity contribution in [2.24, 2.45) is 5.92 Å². The highest BCUT2D eigenvalue weighted by Gasteiger charge is 2.18. The Bertz CT molecular complexity index is 318. The molecule has 5 heteroatoms. The van der Waals surface area contributed by atoms with Crippen LogP contribution in [0.15, 0.2) is 0 Å². The minimum Gasteiger partial charge on any atom is -0.363 e. The molecule has 1 fully saturated rings. The van der Waals surface area contributed by atoms with Gasteiger partial charge in [-0.1, -0.05) is 24.7 Å². The first-order valence-electron chi connectivity index (χ1n) is 6.04. The van der Waals surface area contributed by atoms with E-state index in [2.05, 4.69) is 27.3 Å². The zero-order valence-corrected chi connectivity index (χ0v) is 10.9. The Morgan fingerprint density at radius 3 is 2.69 bits per heavy atom. The van der Waals surface area contributed by atoms with E-state index in [-0.39, 0.29) is 0 Å². The third kappa shape index (κ3) is 2.92. The molecular formula is C11H20N4S. The van der Waals surface area contributed by atoms with E-state index in [1.165, 1.54) is 32.4 Å². The second kappa shape index (κ2) is 5.59. The lowest BCUT2D eigenvalue weighted by Gasteiger charge is -2.30. The minimum atomic E-state index is 0.915. The van der Waals surface area contributed by atoms with Gasteiger partial charge in [0.1, 0.15) is 5.01 Å². The highest BCUT2D eigenvalue weighted by Crippen LogP contribution is 2.22. The van der Waals surface area contributed by atoms with Crippen molar-refractivity contribution < 1.29 is 0 Å². The van der Waals surface area contributed by atoms with Crippen LogP contribution in [0, 0.1) is 5.92 Å². The van der Waals surface area contributed by atoms with E-state index in [0.29, 0.717) is 0 Å². The topological polar surface area (TPSA) is 41.1 Å². The van der Waals surface area contributed by atoms with Gasteiger partial charge in [0.25, 0.3) is 0 Å². The van der Waals surface area contributed by atoms with E-state index in [1.54, 1.807) is 11.3 Å². The maximum Gasteiger partial charge on any atom is 0.205 e. The SMILES string of the molecule is CCC1CCN(Cc2nnc(NC)s2)CC1. The second-order valence-electron chi connectivity index (χ2n) is 4.38. The fourth-order valence-corrected chi connectivity index (χ4v) is 2.90. The molecule has 0 spiro atoms. The molecule has 2 rings (SSSR count). The van der Waals surface area contributed by atoms with Gasteiger partial charge in [0.2, 0.25) is 5.13 Å². The smallest absolute Gasteiger partial charge is 0.205 e. The summed E-state index contributed by atoms with van der Waals surface area (Å²) >= 11 is 1.66. The van der Waals surface area contributed by atoms with Gasteiger partial charge in [-0.2, -0.15) is 0 Å². The molecule has 1 aromatic heterocycles. The van der Waals surface area contributed by atoms with E-state index >= 15 is 0 Å². The molecule has 0 aromatic carbocycles. The Morgan fingerprint density at radius 1 is 1.38 bits per heavy atom. The van der Waals surface area contributed by atoms with Crippen molar-refractivity contribution in [3.8, 4) is 0 Å². The van der Waals surface area contributed by atoms with E-state index in [1.807, 2.05) is 7.05 Å². The number of anilines is 1. The summed E-state index contributed by atoms with van der Waals surface area (Å²) in [5.74, 6) is 0.943. The van der Waals surface area contributed by atoms with Crippen LogP contribution in [0.25, 0.3) is 0 Å². The first-order chi connectivity index (χ1) is 7.81. The molecule has 4 nitrogen and oxygen atoms in total. The van der Waals surface area contributed by atoms with Crippen molar-refractivity contribution in [3.63, 3.8) is 0 Å². The van der Waals surface area contributed by atoms with E-state index in [4.69, 9.17) is 0 Å². The zero-order valence-electron chi connectivity index (χ0n) is 10.1. The van der Waals surface area contributed by atoms with Crippen molar-refractivity contribution in [2.75, 3.05) is 25.5 Å². The van der Waals surface area contributed by atoms with Gasteiger partial charge in [0, 0.05) is 7.05 Å². The summed E-state index contributed by atoms with van der Waals surface area (Å²) in [6, 6.07) is 0. The maximum atomic E-state index is 4.18. The van der Waals surface area contributed by atoms with Crippen molar-refractivity contribution in [1.29, 1.82) is 0 Å². The molecule has 16 heavy (non-hydrogen) atoms. The van der Waals surface area contributed by atoms with Crippen LogP contribution in [0.3, 0.4) is 0 Å². The lowest BCUT2D eigenvalue weighted by molar-refractivity contribution is 0.174. The predicted octanol–water partition coefficient (Wildman–Crippen LogP) is 2.20. The number of likely N-dealkylation sites (tertiary alicyclic amines) is 1. The summed E-state index contributed by atoms with van der Waals surface area (Å²) in [7, 11) is 1.89. The van der Waals surface area contributed by atoms with Crippen LogP contribution in [0.2, 0.25) is 0 Å². The number of hydrogen-bond donors (Lipinski definition) is 1. The van der Waals surface area contributed by atoms with Crippen molar-refractivity contribution in [3.05, 3.63) is 5.01 Å². The molecule has 0 saturated carbocycles. The quantitative estimate of drug-likeness (QED) is 0.876. The van der Waals surface area contributed by atoms with Gasteiger partial charge in [0.05, 0.1) is 6.54 Å². The van der Waals surface area contributed by atoms with Crippen molar-refractivity contribution in [2.45, 2.75) is 32.7 Å². The molecule has 1 aromatic rings. The van der Waals surface area contributed by atoms with E-state index in [9.17, 15) is 0 Å². The first kappa shape index (κ1) is 11.8. The van der Waals surface area contributed by atoms with Gasteiger partial charge in [-0.25, -0.2) is 0 Å². The van der Waals surface area contributed by atoms with Crippen LogP contribution in [-0.2, 0) is 6.54 Å². The highest BCUT2D eigenvalue weighted by molar-refractivity contribution is 7.15. The van der Waals surface area contributed by atoms with Crippen LogP contribution in [0.4, 0.5) is 5.13 Å². The van der Waals surface area contributed by atoms with Crippen LogP contribution in [0.1, 0.15) is 31.2 Å². The van der Waals surface area contributed by atoms with Crippen LogP contribution in [-0.4, -0.2) is 35.2 Å². The van der Waals surface area contributed by atoms with Gasteiger partial charge < -0.3 is 5.32 Å². The standard InChI is InChI=1S/C11H20N4S/c1-3-9-4-6-15(7-5-9)8-10-13-14-11(12-2)16-10/h9H,3-8H2,1-2H3,(H,12,14). The predicted molar refractivity (Wildman–Crippen MR) is 67.7 cm³/mol. The monoisotopic (exact) mass is 240 g/mol. The average Bonchev–Trinajstić information content (AvgIpc) is 2.78. The summed E-state index contributed by atoms with van der Waals surface area (Å²) in [5, 5.41) is 13.3. The normalized spacial score (nSPS) is 18.9. The Hall–Kier alpha value is -0.680. The fraction of sp³-hybridized carbons (Fsp3) is 0.818. The maximum absolute atomic E-state index is 4.18. The Labute approximate surface area is 101 Å². The Balaban J connectivity index is 1.82. The number of rotatable bonds is 4. The van der Waals surface area contributed by atoms with Crippen molar-refractivity contribution >= 4 is 16.5 Å². The molecule has 1 N–H and O–H groups in total. The van der Waals surface area contributed by atoms with Crippen LogP contribution < -0.4 is 5.32 Å². The van der Waals surface area contributed by atoms with Gasteiger partial charge >= 0.3 is 0 Å². The molecular weight excluding hydrogens is 220 g/mol. The summed E-state index contributed by atoms with van der Waals surface area (Å²) in [4.78, 5) is 2.49. The zero-order chi connectivity index (χ0) is 11.4. The summed E-state index contributed by atoms with van der Waals surface area (Å²) in [5.41, 5.74) is 0. The summed E-state index contributed by atoms with van der Waals surface area (Å²) in [6.45, 7) is 5.69. The molecule has 0 amide bonds. The molecule has 2 heterocycles. The minimum absolute atomic E-state index is 0.915. The third-order valence-electron chi connectivity index (χ3n) is 3.32. The number of hydrogen-bond acceptors (Lipinski definition) is 5. The van der Waals surface area contributed by atoms with Gasteiger partial charge in [-0.05, 0) is 31.8 Å². The van der Waals surface area contributed by atoms with Crippen LogP contribution >= 0.6 is 11.3 Å². The Kier molecular flexibility index (Phi) is 4.12. The Morgan fingerprint density at radius 2 is 2.12 bits per heavy atom. The number of nitrogens with one attached hydrogen (secondary N) is 1. The first-order valence-corrected chi connectivity index (χ1v) is 6.86. The number of piperidine rings is 1. The van der Waals surface area contributed by atoms with Gasteiger partial charge in [-0.3, -0.25) is 4.90 Å². The molecule has 0 radical (unpaired) electrons. The molecule has 1 saturated heterocycles. The molecule has 1 aliphatic rings. The summed E-state index contributed by atoms with van der Waals surface area (Å²) in [6.07, 6.45) is 4.01. The van der Waals surface area contributed by atoms with Gasteiger partial charge in [-0.15, -0.1) is 10.2 Å². The van der Waals surface area contributed by atoms with Crippen molar-refractivity contribution in [1.82, 2.24) is 15.1 Å². The molecule has 0 bridgehead atoms. The molecule has 0 unspecified atom stereocenters. The number of aromatic nitrogens is 2. The molecule has 1 aliphatic heterocycles. The molecule has 0 aliphatic carbocycles. The largest absolute Gasteiger partial charge is 0.363 e. The average molecular weight is 240 g/mol. The van der Waals surface area contributed by atoms with E-state index in [0.717, 1.165) is 22.6 Å². The molecule has 90 valence electrons. The fourth-order valence-electron chi connectivity index (χ4n) is 2.16. The van der Waals surface area contributed by atoms with E-state index < -0.39 is 0 Å². The van der Waals surface area contributed by atoms with Crippen LogP contribution in [0.5, 0.6) is 0 Å². The lowest BCUT2D eigenvalue weighted by Crippen LogP contribution is -2.32.